The van der Waals surface area contributed by atoms with Gasteiger partial charge >= 0.3 is 0 Å². The summed E-state index contributed by atoms with van der Waals surface area (Å²) >= 11 is 0. The van der Waals surface area contributed by atoms with Gasteiger partial charge < -0.3 is 11.5 Å². The number of Topliss-reactive ketones (excluding diaryl/α,β-unsaturated/α-hetero) is 2. The van der Waals surface area contributed by atoms with Crippen LogP contribution in [-0.2, 0) is 9.59 Å². The standard InChI is InChI=1S/C6H6N4O3/c7-1-3-4(10-13-9-3)2(8)6(12)5(1)11/h1-2H,7-8H2/t1-,2-/m0/s1. The highest BCUT2D eigenvalue weighted by molar-refractivity contribution is 6.41. The van der Waals surface area contributed by atoms with E-state index in [1.54, 1.807) is 0 Å². The molecule has 7 nitrogen and oxygen atoms in total. The van der Waals surface area contributed by atoms with Crippen LogP contribution in [0.2, 0.25) is 0 Å². The fraction of sp³-hybridized carbons (Fsp3) is 0.333. The molecule has 1 aliphatic carbocycles. The summed E-state index contributed by atoms with van der Waals surface area (Å²) in [5, 5.41) is 6.82. The largest absolute Gasteiger partial charge is 0.316 e. The Morgan fingerprint density at radius 2 is 1.38 bits per heavy atom. The minimum Gasteiger partial charge on any atom is -0.316 e. The molecule has 0 saturated heterocycles. The predicted molar refractivity (Wildman–Crippen MR) is 38.2 cm³/mol. The molecule has 2 atom stereocenters. The van der Waals surface area contributed by atoms with Crippen molar-refractivity contribution >= 4 is 11.6 Å². The number of carbonyl (C=O) groups excluding carboxylic acids is 2. The van der Waals surface area contributed by atoms with Crippen LogP contribution in [0, 0.1) is 0 Å². The third kappa shape index (κ3) is 0.910. The van der Waals surface area contributed by atoms with Gasteiger partial charge in [-0.05, 0) is 0 Å². The lowest BCUT2D eigenvalue weighted by molar-refractivity contribution is -0.139. The van der Waals surface area contributed by atoms with Gasteiger partial charge in [-0.25, -0.2) is 4.63 Å². The molecule has 0 radical (unpaired) electrons. The normalized spacial score (nSPS) is 27.5. The number of hydrogen-bond donors (Lipinski definition) is 2. The number of ketones is 2. The molecule has 0 spiro atoms. The topological polar surface area (TPSA) is 125 Å². The smallest absolute Gasteiger partial charge is 0.223 e. The number of nitrogens with two attached hydrogens (primary N) is 2. The second kappa shape index (κ2) is 2.44. The molecule has 4 N–H and O–H groups in total. The maximum absolute atomic E-state index is 11.1. The molecule has 0 fully saturated rings. The second-order valence-electron chi connectivity index (χ2n) is 2.72. The average Bonchev–Trinajstić information content (AvgIpc) is 2.59. The van der Waals surface area contributed by atoms with Crippen molar-refractivity contribution in [3.8, 4) is 0 Å². The van der Waals surface area contributed by atoms with Gasteiger partial charge in [0, 0.05) is 0 Å². The highest BCUT2D eigenvalue weighted by Crippen LogP contribution is 2.25. The summed E-state index contributed by atoms with van der Waals surface area (Å²) in [7, 11) is 0. The zero-order chi connectivity index (χ0) is 9.59. The molecule has 7 heteroatoms. The Hall–Kier alpha value is -1.60. The summed E-state index contributed by atoms with van der Waals surface area (Å²) in [6.45, 7) is 0. The minimum absolute atomic E-state index is 0.150. The van der Waals surface area contributed by atoms with Crippen LogP contribution in [0.4, 0.5) is 0 Å². The number of carbonyl (C=O) groups is 2. The van der Waals surface area contributed by atoms with Gasteiger partial charge in [0.05, 0.1) is 0 Å². The molecule has 68 valence electrons. The molecule has 1 aromatic rings. The van der Waals surface area contributed by atoms with Crippen LogP contribution in [0.3, 0.4) is 0 Å². The van der Waals surface area contributed by atoms with Crippen LogP contribution < -0.4 is 11.5 Å². The van der Waals surface area contributed by atoms with Gasteiger partial charge in [-0.2, -0.15) is 0 Å². The Morgan fingerprint density at radius 3 is 1.77 bits per heavy atom. The van der Waals surface area contributed by atoms with Crippen molar-refractivity contribution in [2.75, 3.05) is 0 Å². The molecule has 0 unspecified atom stereocenters. The monoisotopic (exact) mass is 182 g/mol. The summed E-state index contributed by atoms with van der Waals surface area (Å²) in [6, 6.07) is -2.18. The molecular formula is C6H6N4O3. The molecule has 2 rings (SSSR count). The van der Waals surface area contributed by atoms with E-state index < -0.39 is 23.7 Å². The van der Waals surface area contributed by atoms with Gasteiger partial charge in [-0.3, -0.25) is 9.59 Å². The van der Waals surface area contributed by atoms with Gasteiger partial charge in [0.15, 0.2) is 0 Å². The van der Waals surface area contributed by atoms with E-state index in [2.05, 4.69) is 14.9 Å². The predicted octanol–water partition coefficient (Wildman–Crippen LogP) is -1.78. The van der Waals surface area contributed by atoms with Crippen molar-refractivity contribution in [2.24, 2.45) is 11.5 Å². The maximum Gasteiger partial charge on any atom is 0.223 e. The Kier molecular flexibility index (Phi) is 1.51. The average molecular weight is 182 g/mol. The molecule has 0 saturated carbocycles. The minimum atomic E-state index is -1.09. The van der Waals surface area contributed by atoms with Gasteiger partial charge in [-0.1, -0.05) is 10.3 Å². The van der Waals surface area contributed by atoms with E-state index in [4.69, 9.17) is 11.5 Å². The molecule has 0 aromatic carbocycles. The summed E-state index contributed by atoms with van der Waals surface area (Å²) in [5.41, 5.74) is 11.1. The Balaban J connectivity index is 2.59. The number of fused-ring (bicyclic) bond motifs is 1. The van der Waals surface area contributed by atoms with E-state index in [1.165, 1.54) is 0 Å². The first-order valence-electron chi connectivity index (χ1n) is 3.54. The Morgan fingerprint density at radius 1 is 1.00 bits per heavy atom. The first kappa shape index (κ1) is 8.02. The van der Waals surface area contributed by atoms with E-state index >= 15 is 0 Å². The summed E-state index contributed by atoms with van der Waals surface area (Å²) in [6.07, 6.45) is 0. The first-order valence-corrected chi connectivity index (χ1v) is 3.54. The van der Waals surface area contributed by atoms with E-state index in [0.29, 0.717) is 0 Å². The molecule has 0 bridgehead atoms. The van der Waals surface area contributed by atoms with Crippen molar-refractivity contribution in [3.63, 3.8) is 0 Å². The second-order valence-corrected chi connectivity index (χ2v) is 2.72. The maximum atomic E-state index is 11.1. The quantitative estimate of drug-likeness (QED) is 0.454. The van der Waals surface area contributed by atoms with Gasteiger partial charge in [0.2, 0.25) is 11.6 Å². The third-order valence-corrected chi connectivity index (χ3v) is 1.94. The van der Waals surface area contributed by atoms with Gasteiger partial charge in [-0.15, -0.1) is 0 Å². The molecule has 1 aliphatic rings. The van der Waals surface area contributed by atoms with Crippen molar-refractivity contribution in [2.45, 2.75) is 12.1 Å². The number of rotatable bonds is 0. The highest BCUT2D eigenvalue weighted by atomic mass is 16.6. The number of aromatic nitrogens is 2. The molecule has 0 aliphatic heterocycles. The van der Waals surface area contributed by atoms with E-state index in [0.717, 1.165) is 0 Å². The van der Waals surface area contributed by atoms with Crippen molar-refractivity contribution < 1.29 is 14.2 Å². The zero-order valence-corrected chi connectivity index (χ0v) is 6.43. The molecule has 1 heterocycles. The van der Waals surface area contributed by atoms with Crippen LogP contribution in [0.1, 0.15) is 23.5 Å². The van der Waals surface area contributed by atoms with Crippen molar-refractivity contribution in [1.82, 2.24) is 10.3 Å². The van der Waals surface area contributed by atoms with Crippen LogP contribution in [0.15, 0.2) is 4.63 Å². The summed E-state index contributed by atoms with van der Waals surface area (Å²) in [4.78, 5) is 22.3. The summed E-state index contributed by atoms with van der Waals surface area (Å²) < 4.78 is 4.34. The lowest BCUT2D eigenvalue weighted by Gasteiger charge is -2.16. The fourth-order valence-corrected chi connectivity index (χ4v) is 1.19. The Labute approximate surface area is 72.0 Å². The molecule has 0 amide bonds. The van der Waals surface area contributed by atoms with E-state index in [9.17, 15) is 9.59 Å². The highest BCUT2D eigenvalue weighted by Gasteiger charge is 2.41. The molecule has 1 aromatic heterocycles. The molecule has 13 heavy (non-hydrogen) atoms. The number of nitrogens with zero attached hydrogens (tertiary/aromatic N) is 2. The fourth-order valence-electron chi connectivity index (χ4n) is 1.19. The van der Waals surface area contributed by atoms with Crippen LogP contribution in [0.25, 0.3) is 0 Å². The third-order valence-electron chi connectivity index (χ3n) is 1.94. The Bertz CT molecular complexity index is 350. The van der Waals surface area contributed by atoms with Crippen LogP contribution >= 0.6 is 0 Å². The summed E-state index contributed by atoms with van der Waals surface area (Å²) in [5.74, 6) is -1.51. The van der Waals surface area contributed by atoms with Crippen LogP contribution in [-0.4, -0.2) is 21.9 Å². The van der Waals surface area contributed by atoms with Gasteiger partial charge in [0.25, 0.3) is 0 Å². The first-order chi connectivity index (χ1) is 6.13. The van der Waals surface area contributed by atoms with Crippen molar-refractivity contribution in [1.29, 1.82) is 0 Å². The lowest BCUT2D eigenvalue weighted by atomic mass is 9.91. The van der Waals surface area contributed by atoms with Crippen molar-refractivity contribution in [3.05, 3.63) is 11.4 Å². The van der Waals surface area contributed by atoms with E-state index in [1.807, 2.05) is 0 Å². The zero-order valence-electron chi connectivity index (χ0n) is 6.43. The molecular weight excluding hydrogens is 176 g/mol. The lowest BCUT2D eigenvalue weighted by Crippen LogP contribution is -2.41. The number of hydrogen-bond acceptors (Lipinski definition) is 7. The SMILES string of the molecule is N[C@@H]1C(=O)C(=O)[C@@H](N)c2nonc21. The van der Waals surface area contributed by atoms with Crippen LogP contribution in [0.5, 0.6) is 0 Å². The van der Waals surface area contributed by atoms with E-state index in [-0.39, 0.29) is 11.4 Å². The van der Waals surface area contributed by atoms with Gasteiger partial charge in [0.1, 0.15) is 23.5 Å².